The van der Waals surface area contributed by atoms with Gasteiger partial charge in [0.15, 0.2) is 0 Å². The van der Waals surface area contributed by atoms with Gasteiger partial charge in [-0.3, -0.25) is 9.59 Å². The predicted octanol–water partition coefficient (Wildman–Crippen LogP) is 5.91. The molecule has 3 aliphatic rings. The highest BCUT2D eigenvalue weighted by Gasteiger charge is 2.28. The maximum atomic E-state index is 11.7. The van der Waals surface area contributed by atoms with Gasteiger partial charge in [0.25, 0.3) is 0 Å². The number of benzene rings is 2. The van der Waals surface area contributed by atoms with Gasteiger partial charge in [-0.1, -0.05) is 71.7 Å². The van der Waals surface area contributed by atoms with Gasteiger partial charge in [-0.15, -0.1) is 0 Å². The van der Waals surface area contributed by atoms with E-state index in [1.54, 1.807) is 7.11 Å². The molecule has 0 saturated carbocycles. The second-order valence-electron chi connectivity index (χ2n) is 13.2. The van der Waals surface area contributed by atoms with E-state index >= 15 is 0 Å². The predicted molar refractivity (Wildman–Crippen MR) is 198 cm³/mol. The number of nitrogens with zero attached hydrogens (tertiary/aromatic N) is 3. The zero-order valence-electron chi connectivity index (χ0n) is 28.2. The van der Waals surface area contributed by atoms with E-state index in [4.69, 9.17) is 37.9 Å². The number of aromatic nitrogens is 2. The highest BCUT2D eigenvalue weighted by molar-refractivity contribution is 6.39. The summed E-state index contributed by atoms with van der Waals surface area (Å²) in [6.45, 7) is 2.84. The van der Waals surface area contributed by atoms with Gasteiger partial charge in [-0.05, 0) is 31.4 Å². The molecule has 2 saturated heterocycles. The Balaban J connectivity index is 1.12. The molecule has 0 bridgehead atoms. The average molecular weight is 715 g/mol. The van der Waals surface area contributed by atoms with E-state index in [0.717, 1.165) is 77.2 Å². The zero-order valence-corrected chi connectivity index (χ0v) is 29.7. The number of nitrogens with one attached hydrogen (secondary N) is 4. The van der Waals surface area contributed by atoms with Crippen LogP contribution in [-0.2, 0) is 16.1 Å². The molecule has 10 nitrogen and oxygen atoms in total. The van der Waals surface area contributed by atoms with E-state index in [0.29, 0.717) is 47.6 Å². The molecule has 2 amide bonds. The quantitative estimate of drug-likeness (QED) is 0.152. The third kappa shape index (κ3) is 7.16. The van der Waals surface area contributed by atoms with Crippen molar-refractivity contribution in [2.24, 2.45) is 0 Å². The molecule has 4 N–H and O–H groups in total. The summed E-state index contributed by atoms with van der Waals surface area (Å²) in [5.41, 5.74) is 6.70. The minimum absolute atomic E-state index is 0.103. The number of hydrogen-bond donors (Lipinski definition) is 4. The van der Waals surface area contributed by atoms with Crippen molar-refractivity contribution >= 4 is 40.8 Å². The number of pyridine rings is 2. The molecule has 4 aromatic rings. The first kappa shape index (κ1) is 34.2. The van der Waals surface area contributed by atoms with Crippen molar-refractivity contribution in [3.63, 3.8) is 0 Å². The molecule has 12 heteroatoms. The van der Waals surface area contributed by atoms with Crippen molar-refractivity contribution in [3.8, 4) is 39.5 Å². The molecule has 7 rings (SSSR count). The van der Waals surface area contributed by atoms with Gasteiger partial charge in [-0.2, -0.15) is 0 Å². The molecule has 3 atom stereocenters. The summed E-state index contributed by atoms with van der Waals surface area (Å²) in [7, 11) is 3.67. The van der Waals surface area contributed by atoms with Crippen LogP contribution in [-0.4, -0.2) is 67.7 Å². The lowest BCUT2D eigenvalue weighted by molar-refractivity contribution is -0.120. The molecule has 260 valence electrons. The fraction of sp³-hybridized carbons (Fsp3) is 0.368. The summed E-state index contributed by atoms with van der Waals surface area (Å²) in [4.78, 5) is 35.3. The number of anilines is 1. The third-order valence-corrected chi connectivity index (χ3v) is 10.7. The average Bonchev–Trinajstić information content (AvgIpc) is 3.75. The van der Waals surface area contributed by atoms with Gasteiger partial charge in [0, 0.05) is 97.6 Å². The minimum Gasteiger partial charge on any atom is -0.481 e. The molecule has 0 unspecified atom stereocenters. The normalized spacial score (nSPS) is 20.1. The summed E-state index contributed by atoms with van der Waals surface area (Å²) in [5.74, 6) is 1.67. The Hall–Kier alpha value is -4.22. The smallest absolute Gasteiger partial charge is 0.220 e. The summed E-state index contributed by atoms with van der Waals surface area (Å²) in [6, 6.07) is 20.4. The van der Waals surface area contributed by atoms with E-state index in [-0.39, 0.29) is 29.9 Å². The molecule has 2 aromatic carbocycles. The number of halogens is 2. The molecule has 50 heavy (non-hydrogen) atoms. The largest absolute Gasteiger partial charge is 0.481 e. The minimum atomic E-state index is 0.103. The Morgan fingerprint density at radius 1 is 0.800 bits per heavy atom. The Morgan fingerprint density at radius 2 is 1.40 bits per heavy atom. The Labute approximate surface area is 302 Å². The molecular weight excluding hydrogens is 673 g/mol. The van der Waals surface area contributed by atoms with Crippen molar-refractivity contribution < 1.29 is 14.3 Å². The van der Waals surface area contributed by atoms with Crippen molar-refractivity contribution in [2.75, 3.05) is 38.7 Å². The number of carbonyl (C=O) groups excluding carboxylic acids is 2. The SMILES string of the molecule is COc1nc(-c2cccc(-c3cccc(-c4ccc5c(n4)N(C)CC[C@@H]5NC[C@H]4CCC(=O)N4)c3Cl)c2Cl)ccc1CNC[C@H]1CCC(=O)N1. The van der Waals surface area contributed by atoms with Crippen LogP contribution < -0.4 is 30.9 Å². The van der Waals surface area contributed by atoms with Gasteiger partial charge < -0.3 is 30.9 Å². The van der Waals surface area contributed by atoms with Crippen LogP contribution in [0.25, 0.3) is 33.6 Å². The summed E-state index contributed by atoms with van der Waals surface area (Å²) in [5, 5.41) is 14.2. The highest BCUT2D eigenvalue weighted by Crippen LogP contribution is 2.43. The van der Waals surface area contributed by atoms with Crippen molar-refractivity contribution in [2.45, 2.75) is 56.8 Å². The van der Waals surface area contributed by atoms with Crippen molar-refractivity contribution in [1.29, 1.82) is 0 Å². The summed E-state index contributed by atoms with van der Waals surface area (Å²) in [6.07, 6.45) is 3.83. The van der Waals surface area contributed by atoms with Crippen LogP contribution in [0.4, 0.5) is 5.82 Å². The van der Waals surface area contributed by atoms with Gasteiger partial charge in [-0.25, -0.2) is 9.97 Å². The Kier molecular flexibility index (Phi) is 10.2. The molecule has 5 heterocycles. The third-order valence-electron chi connectivity index (χ3n) is 9.85. The number of ether oxygens (including phenoxy) is 1. The van der Waals surface area contributed by atoms with Gasteiger partial charge in [0.05, 0.1) is 28.5 Å². The molecular formula is C38H41Cl2N7O3. The molecule has 0 aliphatic carbocycles. The van der Waals surface area contributed by atoms with E-state index in [1.807, 2.05) is 54.6 Å². The van der Waals surface area contributed by atoms with E-state index in [1.165, 1.54) is 0 Å². The van der Waals surface area contributed by atoms with E-state index in [9.17, 15) is 9.59 Å². The number of fused-ring (bicyclic) bond motifs is 1. The first-order valence-corrected chi connectivity index (χ1v) is 17.9. The monoisotopic (exact) mass is 713 g/mol. The second kappa shape index (κ2) is 14.9. The molecule has 0 spiro atoms. The number of carbonyl (C=O) groups is 2. The second-order valence-corrected chi connectivity index (χ2v) is 14.0. The standard InChI is InChI=1S/C38H41Cl2N7O3/c1-47-18-17-30(42-21-24-11-16-34(49)44-24)29-12-14-31(45-37(29)47)27-7-3-5-25(35(27)39)26-6-4-8-28(36(26)40)32-13-9-22(38(46-32)50-2)19-41-20-23-10-15-33(48)43-23/h3-9,12-14,23-24,30,41-42H,10-11,15-21H2,1-2H3,(H,43,48)(H,44,49)/t23-,24-,30+/m1/s1. The van der Waals surface area contributed by atoms with Crippen LogP contribution in [0.5, 0.6) is 5.88 Å². The van der Waals surface area contributed by atoms with E-state index in [2.05, 4.69) is 39.3 Å². The molecule has 2 aromatic heterocycles. The topological polar surface area (TPSA) is 121 Å². The molecule has 2 fully saturated rings. The van der Waals surface area contributed by atoms with E-state index < -0.39 is 0 Å². The maximum Gasteiger partial charge on any atom is 0.220 e. The number of rotatable bonds is 11. The fourth-order valence-corrected chi connectivity index (χ4v) is 7.76. The van der Waals surface area contributed by atoms with Crippen LogP contribution in [0.2, 0.25) is 10.0 Å². The number of hydrogen-bond acceptors (Lipinski definition) is 8. The maximum absolute atomic E-state index is 11.7. The summed E-state index contributed by atoms with van der Waals surface area (Å²) >= 11 is 14.3. The van der Waals surface area contributed by atoms with Gasteiger partial charge in [0.2, 0.25) is 17.7 Å². The summed E-state index contributed by atoms with van der Waals surface area (Å²) < 4.78 is 5.67. The van der Waals surface area contributed by atoms with Crippen LogP contribution in [0, 0.1) is 0 Å². The fourth-order valence-electron chi connectivity index (χ4n) is 7.12. The van der Waals surface area contributed by atoms with Crippen LogP contribution in [0.3, 0.4) is 0 Å². The van der Waals surface area contributed by atoms with Crippen molar-refractivity contribution in [1.82, 2.24) is 31.2 Å². The lowest BCUT2D eigenvalue weighted by Gasteiger charge is -2.33. The number of methoxy groups -OCH3 is 1. The van der Waals surface area contributed by atoms with Crippen LogP contribution >= 0.6 is 23.2 Å². The first-order chi connectivity index (χ1) is 24.3. The van der Waals surface area contributed by atoms with Gasteiger partial charge in [0.1, 0.15) is 5.82 Å². The lowest BCUT2D eigenvalue weighted by atomic mass is 9.96. The highest BCUT2D eigenvalue weighted by atomic mass is 35.5. The zero-order chi connectivity index (χ0) is 34.8. The first-order valence-electron chi connectivity index (χ1n) is 17.2. The molecule has 0 radical (unpaired) electrons. The Morgan fingerprint density at radius 3 is 2.02 bits per heavy atom. The van der Waals surface area contributed by atoms with Crippen LogP contribution in [0.1, 0.15) is 49.3 Å². The Bertz CT molecular complexity index is 1920. The van der Waals surface area contributed by atoms with Crippen molar-refractivity contribution in [3.05, 3.63) is 81.8 Å². The van der Waals surface area contributed by atoms with Crippen LogP contribution in [0.15, 0.2) is 60.7 Å². The molecule has 3 aliphatic heterocycles. The number of amides is 2. The van der Waals surface area contributed by atoms with Gasteiger partial charge >= 0.3 is 0 Å². The lowest BCUT2D eigenvalue weighted by Crippen LogP contribution is -2.40.